The SMILES string of the molecule is CNC(c1ccc(Cl)cc1)c1cccc2ccncc12. The second-order valence-electron chi connectivity index (χ2n) is 4.72. The predicted molar refractivity (Wildman–Crippen MR) is 84.1 cm³/mol. The van der Waals surface area contributed by atoms with E-state index in [2.05, 4.69) is 40.6 Å². The topological polar surface area (TPSA) is 24.9 Å². The summed E-state index contributed by atoms with van der Waals surface area (Å²) >= 11 is 5.97. The first-order chi connectivity index (χ1) is 9.79. The first kappa shape index (κ1) is 13.1. The molecule has 0 aliphatic rings. The molecule has 0 fully saturated rings. The molecule has 0 aliphatic carbocycles. The van der Waals surface area contributed by atoms with Gasteiger partial charge in [-0.2, -0.15) is 0 Å². The molecule has 0 aliphatic heterocycles. The Morgan fingerprint density at radius 2 is 1.85 bits per heavy atom. The third-order valence-corrected chi connectivity index (χ3v) is 3.77. The Morgan fingerprint density at radius 1 is 1.05 bits per heavy atom. The van der Waals surface area contributed by atoms with Crippen molar-refractivity contribution in [3.8, 4) is 0 Å². The van der Waals surface area contributed by atoms with E-state index in [0.29, 0.717) is 0 Å². The standard InChI is InChI=1S/C17H15ClN2/c1-19-17(13-5-7-14(18)8-6-13)15-4-2-3-12-9-10-20-11-16(12)15/h2-11,17,19H,1H3. The predicted octanol–water partition coefficient (Wildman–Crippen LogP) is 4.20. The fraction of sp³-hybridized carbons (Fsp3) is 0.118. The van der Waals surface area contributed by atoms with Crippen molar-refractivity contribution in [2.75, 3.05) is 7.05 Å². The van der Waals surface area contributed by atoms with Crippen LogP contribution in [0, 0.1) is 0 Å². The van der Waals surface area contributed by atoms with Crippen LogP contribution in [0.4, 0.5) is 0 Å². The highest BCUT2D eigenvalue weighted by Crippen LogP contribution is 2.28. The minimum Gasteiger partial charge on any atom is -0.309 e. The summed E-state index contributed by atoms with van der Waals surface area (Å²) in [6.45, 7) is 0. The van der Waals surface area contributed by atoms with Crippen molar-refractivity contribution in [2.45, 2.75) is 6.04 Å². The Hall–Kier alpha value is -1.90. The van der Waals surface area contributed by atoms with Crippen LogP contribution in [-0.4, -0.2) is 12.0 Å². The number of fused-ring (bicyclic) bond motifs is 1. The van der Waals surface area contributed by atoms with Gasteiger partial charge in [-0.25, -0.2) is 0 Å². The summed E-state index contributed by atoms with van der Waals surface area (Å²) in [5.74, 6) is 0. The lowest BCUT2D eigenvalue weighted by atomic mass is 9.95. The zero-order valence-corrected chi connectivity index (χ0v) is 11.9. The number of nitrogens with one attached hydrogen (secondary N) is 1. The van der Waals surface area contributed by atoms with Gasteiger partial charge in [0, 0.05) is 22.8 Å². The summed E-state index contributed by atoms with van der Waals surface area (Å²) in [6, 6.07) is 16.4. The van der Waals surface area contributed by atoms with E-state index >= 15 is 0 Å². The highest BCUT2D eigenvalue weighted by molar-refractivity contribution is 6.30. The molecule has 3 rings (SSSR count). The molecule has 0 bridgehead atoms. The van der Waals surface area contributed by atoms with Gasteiger partial charge in [-0.05, 0) is 41.8 Å². The molecular weight excluding hydrogens is 268 g/mol. The lowest BCUT2D eigenvalue weighted by Crippen LogP contribution is -2.17. The molecule has 0 saturated heterocycles. The summed E-state index contributed by atoms with van der Waals surface area (Å²) in [4.78, 5) is 4.25. The normalized spacial score (nSPS) is 12.5. The molecule has 20 heavy (non-hydrogen) atoms. The molecule has 1 unspecified atom stereocenters. The third kappa shape index (κ3) is 2.40. The first-order valence-corrected chi connectivity index (χ1v) is 6.93. The molecule has 1 heterocycles. The van der Waals surface area contributed by atoms with E-state index in [1.54, 1.807) is 0 Å². The van der Waals surface area contributed by atoms with E-state index in [9.17, 15) is 0 Å². The average molecular weight is 283 g/mol. The van der Waals surface area contributed by atoms with Gasteiger partial charge in [-0.3, -0.25) is 4.98 Å². The maximum Gasteiger partial charge on any atom is 0.0581 e. The monoisotopic (exact) mass is 282 g/mol. The highest BCUT2D eigenvalue weighted by Gasteiger charge is 2.14. The van der Waals surface area contributed by atoms with Gasteiger partial charge in [0.25, 0.3) is 0 Å². The zero-order chi connectivity index (χ0) is 13.9. The number of aromatic nitrogens is 1. The van der Waals surface area contributed by atoms with Crippen LogP contribution < -0.4 is 5.32 Å². The number of nitrogens with zero attached hydrogens (tertiary/aromatic N) is 1. The van der Waals surface area contributed by atoms with Gasteiger partial charge >= 0.3 is 0 Å². The van der Waals surface area contributed by atoms with Gasteiger partial charge in [0.15, 0.2) is 0 Å². The van der Waals surface area contributed by atoms with Crippen LogP contribution in [0.3, 0.4) is 0 Å². The Bertz CT molecular complexity index is 717. The Labute approximate surface area is 123 Å². The van der Waals surface area contributed by atoms with Crippen LogP contribution in [0.25, 0.3) is 10.8 Å². The molecule has 0 radical (unpaired) electrons. The molecule has 1 N–H and O–H groups in total. The number of halogens is 1. The van der Waals surface area contributed by atoms with Crippen molar-refractivity contribution >= 4 is 22.4 Å². The maximum atomic E-state index is 5.97. The summed E-state index contributed by atoms with van der Waals surface area (Å²) in [5, 5.41) is 6.50. The third-order valence-electron chi connectivity index (χ3n) is 3.52. The molecule has 2 aromatic carbocycles. The number of benzene rings is 2. The first-order valence-electron chi connectivity index (χ1n) is 6.55. The van der Waals surface area contributed by atoms with Gasteiger partial charge in [0.2, 0.25) is 0 Å². The van der Waals surface area contributed by atoms with Crippen molar-refractivity contribution in [3.63, 3.8) is 0 Å². The molecule has 1 aromatic heterocycles. The van der Waals surface area contributed by atoms with Gasteiger partial charge in [-0.15, -0.1) is 0 Å². The lowest BCUT2D eigenvalue weighted by Gasteiger charge is -2.19. The van der Waals surface area contributed by atoms with Crippen LogP contribution in [0.15, 0.2) is 60.9 Å². The second kappa shape index (κ2) is 5.61. The van der Waals surface area contributed by atoms with Gasteiger partial charge in [0.05, 0.1) is 6.04 Å². The van der Waals surface area contributed by atoms with Gasteiger partial charge in [0.1, 0.15) is 0 Å². The molecule has 0 saturated carbocycles. The molecule has 0 amide bonds. The van der Waals surface area contributed by atoms with Crippen LogP contribution in [0.2, 0.25) is 5.02 Å². The van der Waals surface area contributed by atoms with Gasteiger partial charge < -0.3 is 5.32 Å². The molecule has 0 spiro atoms. The second-order valence-corrected chi connectivity index (χ2v) is 5.15. The summed E-state index contributed by atoms with van der Waals surface area (Å²) in [7, 11) is 1.97. The largest absolute Gasteiger partial charge is 0.309 e. The Kier molecular flexibility index (Phi) is 3.68. The smallest absolute Gasteiger partial charge is 0.0581 e. The minimum atomic E-state index is 0.125. The van der Waals surface area contributed by atoms with Crippen LogP contribution in [-0.2, 0) is 0 Å². The highest BCUT2D eigenvalue weighted by atomic mass is 35.5. The summed E-state index contributed by atoms with van der Waals surface area (Å²) in [5.41, 5.74) is 2.41. The van der Waals surface area contributed by atoms with Crippen LogP contribution >= 0.6 is 11.6 Å². The molecule has 2 nitrogen and oxygen atoms in total. The molecule has 100 valence electrons. The van der Waals surface area contributed by atoms with E-state index < -0.39 is 0 Å². The number of hydrogen-bond donors (Lipinski definition) is 1. The number of pyridine rings is 1. The zero-order valence-electron chi connectivity index (χ0n) is 11.2. The lowest BCUT2D eigenvalue weighted by molar-refractivity contribution is 0.697. The van der Waals surface area contributed by atoms with E-state index in [1.807, 2.05) is 37.6 Å². The fourth-order valence-electron chi connectivity index (χ4n) is 2.55. The minimum absolute atomic E-state index is 0.125. The molecular formula is C17H15ClN2. The van der Waals surface area contributed by atoms with E-state index in [4.69, 9.17) is 11.6 Å². The van der Waals surface area contributed by atoms with Crippen molar-refractivity contribution in [2.24, 2.45) is 0 Å². The number of hydrogen-bond acceptors (Lipinski definition) is 2. The Balaban J connectivity index is 2.14. The quantitative estimate of drug-likeness (QED) is 0.779. The van der Waals surface area contributed by atoms with Gasteiger partial charge in [-0.1, -0.05) is 41.9 Å². The van der Waals surface area contributed by atoms with E-state index in [-0.39, 0.29) is 6.04 Å². The molecule has 3 heteroatoms. The average Bonchev–Trinajstić information content (AvgIpc) is 2.50. The Morgan fingerprint density at radius 3 is 2.60 bits per heavy atom. The van der Waals surface area contributed by atoms with Crippen LogP contribution in [0.1, 0.15) is 17.2 Å². The van der Waals surface area contributed by atoms with E-state index in [1.165, 1.54) is 21.9 Å². The molecule has 3 aromatic rings. The summed E-state index contributed by atoms with van der Waals surface area (Å²) in [6.07, 6.45) is 3.74. The van der Waals surface area contributed by atoms with Crippen molar-refractivity contribution < 1.29 is 0 Å². The number of rotatable bonds is 3. The van der Waals surface area contributed by atoms with Crippen molar-refractivity contribution in [1.29, 1.82) is 0 Å². The van der Waals surface area contributed by atoms with Crippen molar-refractivity contribution in [3.05, 3.63) is 77.1 Å². The fourth-order valence-corrected chi connectivity index (χ4v) is 2.67. The molecule has 1 atom stereocenters. The van der Waals surface area contributed by atoms with Crippen molar-refractivity contribution in [1.82, 2.24) is 10.3 Å². The van der Waals surface area contributed by atoms with Crippen LogP contribution in [0.5, 0.6) is 0 Å². The van der Waals surface area contributed by atoms with E-state index in [0.717, 1.165) is 5.02 Å². The maximum absolute atomic E-state index is 5.97. The summed E-state index contributed by atoms with van der Waals surface area (Å²) < 4.78 is 0.